The fourth-order valence-electron chi connectivity index (χ4n) is 4.59. The van der Waals surface area contributed by atoms with E-state index in [4.69, 9.17) is 14.7 Å². The van der Waals surface area contributed by atoms with Crippen LogP contribution in [0.1, 0.15) is 60.1 Å². The van der Waals surface area contributed by atoms with Crippen LogP contribution < -0.4 is 15.5 Å². The summed E-state index contributed by atoms with van der Waals surface area (Å²) >= 11 is 0. The topological polar surface area (TPSA) is 134 Å². The summed E-state index contributed by atoms with van der Waals surface area (Å²) in [5, 5.41) is 14.8. The fraction of sp³-hybridized carbons (Fsp3) is 0.593. The Bertz CT molecular complexity index is 1280. The first kappa shape index (κ1) is 28.3. The molecule has 1 atom stereocenters. The van der Waals surface area contributed by atoms with Gasteiger partial charge in [-0.15, -0.1) is 0 Å². The van der Waals surface area contributed by atoms with E-state index >= 15 is 0 Å². The molecule has 11 heteroatoms. The number of rotatable bonds is 7. The van der Waals surface area contributed by atoms with Crippen LogP contribution in [0.3, 0.4) is 0 Å². The number of aromatic nitrogens is 2. The lowest BCUT2D eigenvalue weighted by Gasteiger charge is -2.35. The van der Waals surface area contributed by atoms with Gasteiger partial charge in [0.2, 0.25) is 0 Å². The summed E-state index contributed by atoms with van der Waals surface area (Å²) < 4.78 is 31.0. The molecule has 1 aliphatic carbocycles. The van der Waals surface area contributed by atoms with Crippen LogP contribution >= 0.6 is 0 Å². The van der Waals surface area contributed by atoms with Crippen LogP contribution in [0.4, 0.5) is 16.3 Å². The van der Waals surface area contributed by atoms with E-state index in [1.807, 2.05) is 6.07 Å². The van der Waals surface area contributed by atoms with Gasteiger partial charge in [-0.1, -0.05) is 0 Å². The highest BCUT2D eigenvalue weighted by atomic mass is 32.2. The van der Waals surface area contributed by atoms with Crippen molar-refractivity contribution in [2.24, 2.45) is 0 Å². The van der Waals surface area contributed by atoms with Gasteiger partial charge in [0.05, 0.1) is 41.8 Å². The van der Waals surface area contributed by atoms with Crippen LogP contribution in [0.2, 0.25) is 0 Å². The summed E-state index contributed by atoms with van der Waals surface area (Å²) in [6.45, 7) is 12.3. The molecule has 2 aromatic rings. The second kappa shape index (κ2) is 10.1. The van der Waals surface area contributed by atoms with E-state index in [1.165, 1.54) is 0 Å². The fourth-order valence-corrected chi connectivity index (χ4v) is 6.78. The molecule has 38 heavy (non-hydrogen) atoms. The van der Waals surface area contributed by atoms with E-state index < -0.39 is 30.9 Å². The molecule has 2 heterocycles. The standard InChI is InChI=1S/C27H39N5O5S/c1-18-16-37-14-13-32(18)22-15-21(27(11-12-27)38(35,36)25(2,3)4)29-23(30-22)19-7-9-20(10-8-19)28-24(34)31-26(5,6)17-33/h7-10,15,18,33H,11-14,16-17H2,1-6H3,(H2,28,31,34)/t18-/m0/s1. The number of urea groups is 1. The van der Waals surface area contributed by atoms with Gasteiger partial charge in [-0.3, -0.25) is 0 Å². The highest BCUT2D eigenvalue weighted by Crippen LogP contribution is 2.56. The van der Waals surface area contributed by atoms with Gasteiger partial charge in [-0.05, 0) is 78.6 Å². The predicted octanol–water partition coefficient (Wildman–Crippen LogP) is 3.46. The van der Waals surface area contributed by atoms with E-state index in [2.05, 4.69) is 22.5 Å². The molecular weight excluding hydrogens is 506 g/mol. The number of nitrogens with zero attached hydrogens (tertiary/aromatic N) is 3. The number of aliphatic hydroxyl groups excluding tert-OH is 1. The zero-order chi connectivity index (χ0) is 27.9. The number of hydrogen-bond acceptors (Lipinski definition) is 8. The van der Waals surface area contributed by atoms with Crippen molar-refractivity contribution < 1.29 is 23.1 Å². The number of sulfone groups is 1. The summed E-state index contributed by atoms with van der Waals surface area (Å²) in [5.41, 5.74) is 1.04. The molecule has 2 aliphatic rings. The molecule has 3 N–H and O–H groups in total. The Morgan fingerprint density at radius 2 is 1.82 bits per heavy atom. The second-order valence-electron chi connectivity index (χ2n) is 11.9. The molecule has 2 amide bonds. The third kappa shape index (κ3) is 5.50. The van der Waals surface area contributed by atoms with Gasteiger partial charge in [0, 0.05) is 23.9 Å². The number of amides is 2. The third-order valence-corrected chi connectivity index (χ3v) is 10.4. The van der Waals surface area contributed by atoms with Crippen molar-refractivity contribution in [3.63, 3.8) is 0 Å². The van der Waals surface area contributed by atoms with Gasteiger partial charge in [0.15, 0.2) is 15.7 Å². The Balaban J connectivity index is 1.70. The Labute approximate surface area is 225 Å². The maximum absolute atomic E-state index is 13.6. The lowest BCUT2D eigenvalue weighted by molar-refractivity contribution is 0.0985. The minimum Gasteiger partial charge on any atom is -0.394 e. The van der Waals surface area contributed by atoms with E-state index in [9.17, 15) is 18.3 Å². The Kier molecular flexibility index (Phi) is 7.50. The van der Waals surface area contributed by atoms with Crippen LogP contribution in [0.5, 0.6) is 0 Å². The summed E-state index contributed by atoms with van der Waals surface area (Å²) in [6, 6.07) is 8.58. The molecule has 0 radical (unpaired) electrons. The average molecular weight is 546 g/mol. The van der Waals surface area contributed by atoms with Crippen molar-refractivity contribution in [2.45, 2.75) is 75.5 Å². The monoisotopic (exact) mass is 545 g/mol. The molecule has 208 valence electrons. The number of hydrogen-bond donors (Lipinski definition) is 3. The molecule has 1 aliphatic heterocycles. The van der Waals surface area contributed by atoms with Crippen LogP contribution in [-0.4, -0.2) is 72.2 Å². The van der Waals surface area contributed by atoms with Crippen molar-refractivity contribution >= 4 is 27.4 Å². The number of morpholine rings is 1. The van der Waals surface area contributed by atoms with Gasteiger partial charge >= 0.3 is 6.03 Å². The number of benzene rings is 1. The average Bonchev–Trinajstić information content (AvgIpc) is 3.66. The molecule has 2 fully saturated rings. The number of nitrogens with one attached hydrogen (secondary N) is 2. The highest BCUT2D eigenvalue weighted by Gasteiger charge is 2.61. The predicted molar refractivity (Wildman–Crippen MR) is 148 cm³/mol. The van der Waals surface area contributed by atoms with Gasteiger partial charge in [0.1, 0.15) is 10.6 Å². The normalized spacial score (nSPS) is 19.7. The second-order valence-corrected chi connectivity index (χ2v) is 14.9. The molecule has 1 aromatic heterocycles. The zero-order valence-corrected chi connectivity index (χ0v) is 23.9. The SMILES string of the molecule is C[C@H]1COCCN1c1cc(C2(S(=O)(=O)C(C)(C)C)CC2)nc(-c2ccc(NC(=O)NC(C)(C)CO)cc2)n1. The van der Waals surface area contributed by atoms with Gasteiger partial charge in [-0.25, -0.2) is 23.2 Å². The zero-order valence-electron chi connectivity index (χ0n) is 23.0. The highest BCUT2D eigenvalue weighted by molar-refractivity contribution is 7.94. The van der Waals surface area contributed by atoms with Crippen molar-refractivity contribution in [1.29, 1.82) is 0 Å². The van der Waals surface area contributed by atoms with E-state index in [1.54, 1.807) is 58.9 Å². The molecule has 0 spiro atoms. The summed E-state index contributed by atoms with van der Waals surface area (Å²) in [7, 11) is -3.52. The van der Waals surface area contributed by atoms with Crippen molar-refractivity contribution in [3.05, 3.63) is 36.0 Å². The first-order valence-corrected chi connectivity index (χ1v) is 14.5. The minimum absolute atomic E-state index is 0.0852. The third-order valence-electron chi connectivity index (χ3n) is 7.11. The molecule has 0 unspecified atom stereocenters. The van der Waals surface area contributed by atoms with E-state index in [-0.39, 0.29) is 12.6 Å². The molecule has 0 bridgehead atoms. The van der Waals surface area contributed by atoms with Crippen LogP contribution in [-0.2, 0) is 19.3 Å². The van der Waals surface area contributed by atoms with E-state index in [0.29, 0.717) is 61.2 Å². The van der Waals surface area contributed by atoms with Crippen molar-refractivity contribution in [2.75, 3.05) is 36.6 Å². The number of ether oxygens (including phenoxy) is 1. The summed E-state index contributed by atoms with van der Waals surface area (Å²) in [5.74, 6) is 1.12. The lowest BCUT2D eigenvalue weighted by atomic mass is 10.1. The number of carbonyl (C=O) groups excluding carboxylic acids is 1. The Morgan fingerprint density at radius 1 is 1.16 bits per heavy atom. The number of anilines is 2. The molecule has 1 saturated heterocycles. The van der Waals surface area contributed by atoms with Crippen LogP contribution in [0.25, 0.3) is 11.4 Å². The number of aliphatic hydroxyl groups is 1. The van der Waals surface area contributed by atoms with Crippen LogP contribution in [0.15, 0.2) is 30.3 Å². The first-order valence-electron chi connectivity index (χ1n) is 13.0. The van der Waals surface area contributed by atoms with Gasteiger partial charge in [0.25, 0.3) is 0 Å². The molecule has 1 saturated carbocycles. The largest absolute Gasteiger partial charge is 0.394 e. The Morgan fingerprint density at radius 3 is 2.37 bits per heavy atom. The van der Waals surface area contributed by atoms with E-state index in [0.717, 1.165) is 0 Å². The smallest absolute Gasteiger partial charge is 0.319 e. The van der Waals surface area contributed by atoms with Crippen LogP contribution in [0, 0.1) is 0 Å². The van der Waals surface area contributed by atoms with Gasteiger partial charge in [-0.2, -0.15) is 0 Å². The van der Waals surface area contributed by atoms with Crippen molar-refractivity contribution in [1.82, 2.24) is 15.3 Å². The molecule has 1 aromatic carbocycles. The maximum Gasteiger partial charge on any atom is 0.319 e. The Hall–Kier alpha value is -2.76. The lowest BCUT2D eigenvalue weighted by Crippen LogP contribution is -2.48. The summed E-state index contributed by atoms with van der Waals surface area (Å²) in [6.07, 6.45) is 1.06. The number of carbonyl (C=O) groups is 1. The minimum atomic E-state index is -3.52. The quantitative estimate of drug-likeness (QED) is 0.482. The molecule has 4 rings (SSSR count). The molecular formula is C27H39N5O5S. The maximum atomic E-state index is 13.6. The molecule has 10 nitrogen and oxygen atoms in total. The summed E-state index contributed by atoms with van der Waals surface area (Å²) in [4.78, 5) is 24.1. The first-order chi connectivity index (χ1) is 17.7. The van der Waals surface area contributed by atoms with Crippen molar-refractivity contribution in [3.8, 4) is 11.4 Å². The van der Waals surface area contributed by atoms with Gasteiger partial charge < -0.3 is 25.4 Å².